The molecule has 6 heteroatoms. The second-order valence-electron chi connectivity index (χ2n) is 5.84. The number of aryl methyl sites for hydroxylation is 1. The molecule has 1 amide bonds. The molecular formula is C17H23N3O3. The number of aliphatic hydroxyl groups is 1. The first-order valence-electron chi connectivity index (χ1n) is 7.85. The van der Waals surface area contributed by atoms with Crippen molar-refractivity contribution in [1.29, 1.82) is 0 Å². The van der Waals surface area contributed by atoms with E-state index in [1.165, 1.54) is 0 Å². The highest BCUT2D eigenvalue weighted by Crippen LogP contribution is 2.10. The minimum Gasteiger partial charge on any atom is -0.394 e. The lowest BCUT2D eigenvalue weighted by Crippen LogP contribution is -2.39. The van der Waals surface area contributed by atoms with E-state index in [-0.39, 0.29) is 30.9 Å². The summed E-state index contributed by atoms with van der Waals surface area (Å²) in [6.45, 7) is 3.87. The largest absolute Gasteiger partial charge is 0.394 e. The molecule has 1 heterocycles. The van der Waals surface area contributed by atoms with E-state index in [1.807, 2.05) is 44.2 Å². The number of nitrogens with one attached hydrogen (secondary N) is 1. The van der Waals surface area contributed by atoms with Crippen LogP contribution in [0.25, 0.3) is 0 Å². The van der Waals surface area contributed by atoms with Gasteiger partial charge in [0.05, 0.1) is 12.6 Å². The maximum atomic E-state index is 12.0. The zero-order chi connectivity index (χ0) is 16.7. The van der Waals surface area contributed by atoms with Gasteiger partial charge in [-0.2, -0.15) is 4.98 Å². The Morgan fingerprint density at radius 3 is 2.65 bits per heavy atom. The maximum absolute atomic E-state index is 12.0. The van der Waals surface area contributed by atoms with Crippen LogP contribution < -0.4 is 5.32 Å². The minimum atomic E-state index is -0.293. The molecule has 2 rings (SSSR count). The van der Waals surface area contributed by atoms with Gasteiger partial charge in [-0.15, -0.1) is 0 Å². The molecule has 23 heavy (non-hydrogen) atoms. The summed E-state index contributed by atoms with van der Waals surface area (Å²) in [5.74, 6) is 1.18. The molecule has 0 fully saturated rings. The molecule has 6 nitrogen and oxygen atoms in total. The lowest BCUT2D eigenvalue weighted by atomic mass is 10.1. The van der Waals surface area contributed by atoms with Crippen molar-refractivity contribution in [2.45, 2.75) is 45.1 Å². The fraction of sp³-hybridized carbons (Fsp3) is 0.471. The van der Waals surface area contributed by atoms with Crippen molar-refractivity contribution in [3.63, 3.8) is 0 Å². The average Bonchev–Trinajstić information content (AvgIpc) is 3.02. The van der Waals surface area contributed by atoms with Crippen molar-refractivity contribution >= 4 is 5.91 Å². The number of nitrogens with zero attached hydrogens (tertiary/aromatic N) is 2. The molecule has 1 atom stereocenters. The fourth-order valence-corrected chi connectivity index (χ4v) is 2.18. The maximum Gasteiger partial charge on any atom is 0.227 e. The molecule has 1 unspecified atom stereocenters. The van der Waals surface area contributed by atoms with Gasteiger partial charge in [-0.3, -0.25) is 4.79 Å². The Labute approximate surface area is 135 Å². The van der Waals surface area contributed by atoms with Gasteiger partial charge in [0, 0.05) is 18.8 Å². The third-order valence-corrected chi connectivity index (χ3v) is 3.48. The zero-order valence-electron chi connectivity index (χ0n) is 13.5. The number of aliphatic hydroxyl groups excluding tert-OH is 1. The van der Waals surface area contributed by atoms with E-state index in [4.69, 9.17) is 4.52 Å². The molecule has 0 radical (unpaired) electrons. The van der Waals surface area contributed by atoms with Crippen LogP contribution in [0, 0.1) is 0 Å². The summed E-state index contributed by atoms with van der Waals surface area (Å²) in [6, 6.07) is 9.47. The molecule has 0 saturated heterocycles. The SMILES string of the molecule is CC(C)c1noc(CCC(=O)NC(CO)Cc2ccccc2)n1. The van der Waals surface area contributed by atoms with Crippen molar-refractivity contribution in [1.82, 2.24) is 15.5 Å². The van der Waals surface area contributed by atoms with Gasteiger partial charge in [0.25, 0.3) is 0 Å². The van der Waals surface area contributed by atoms with Crippen LogP contribution in [0.1, 0.15) is 43.5 Å². The van der Waals surface area contributed by atoms with Crippen LogP contribution in [-0.4, -0.2) is 33.8 Å². The molecule has 1 aromatic heterocycles. The number of aromatic nitrogens is 2. The second-order valence-corrected chi connectivity index (χ2v) is 5.84. The van der Waals surface area contributed by atoms with Gasteiger partial charge in [-0.25, -0.2) is 0 Å². The van der Waals surface area contributed by atoms with Gasteiger partial charge in [0.1, 0.15) is 0 Å². The number of carbonyl (C=O) groups is 1. The summed E-state index contributed by atoms with van der Waals surface area (Å²) in [7, 11) is 0. The number of rotatable bonds is 8. The molecule has 0 bridgehead atoms. The standard InChI is InChI=1S/C17H23N3O3/c1-12(2)17-19-16(23-20-17)9-8-15(22)18-14(11-21)10-13-6-4-3-5-7-13/h3-7,12,14,21H,8-11H2,1-2H3,(H,18,22). The highest BCUT2D eigenvalue weighted by molar-refractivity contribution is 5.76. The lowest BCUT2D eigenvalue weighted by molar-refractivity contribution is -0.122. The first-order valence-corrected chi connectivity index (χ1v) is 7.85. The summed E-state index contributed by atoms with van der Waals surface area (Å²) in [5.41, 5.74) is 1.07. The van der Waals surface area contributed by atoms with Gasteiger partial charge >= 0.3 is 0 Å². The van der Waals surface area contributed by atoms with E-state index in [9.17, 15) is 9.90 Å². The third kappa shape index (κ3) is 5.49. The first-order chi connectivity index (χ1) is 11.1. The van der Waals surface area contributed by atoms with Crippen molar-refractivity contribution < 1.29 is 14.4 Å². The van der Waals surface area contributed by atoms with Crippen LogP contribution in [0.5, 0.6) is 0 Å². The highest BCUT2D eigenvalue weighted by Gasteiger charge is 2.14. The molecule has 1 aromatic carbocycles. The fourth-order valence-electron chi connectivity index (χ4n) is 2.18. The summed E-state index contributed by atoms with van der Waals surface area (Å²) in [6.07, 6.45) is 1.25. The molecule has 0 aliphatic carbocycles. The zero-order valence-corrected chi connectivity index (χ0v) is 13.5. The average molecular weight is 317 g/mol. The Morgan fingerprint density at radius 2 is 2.04 bits per heavy atom. The summed E-state index contributed by atoms with van der Waals surface area (Å²) in [5, 5.41) is 16.1. The topological polar surface area (TPSA) is 88.2 Å². The first kappa shape index (κ1) is 17.1. The van der Waals surface area contributed by atoms with Crippen LogP contribution in [0.2, 0.25) is 0 Å². The van der Waals surface area contributed by atoms with Gasteiger partial charge in [0.2, 0.25) is 11.8 Å². The van der Waals surface area contributed by atoms with Crippen molar-refractivity contribution in [3.8, 4) is 0 Å². The van der Waals surface area contributed by atoms with Crippen LogP contribution in [0.3, 0.4) is 0 Å². The molecule has 2 N–H and O–H groups in total. The molecule has 0 aliphatic rings. The summed E-state index contributed by atoms with van der Waals surface area (Å²) < 4.78 is 5.11. The van der Waals surface area contributed by atoms with E-state index in [2.05, 4.69) is 15.5 Å². The molecule has 124 valence electrons. The van der Waals surface area contributed by atoms with Gasteiger partial charge < -0.3 is 14.9 Å². The number of carbonyl (C=O) groups excluding carboxylic acids is 1. The molecule has 0 aliphatic heterocycles. The Kier molecular flexibility index (Phi) is 6.29. The summed E-state index contributed by atoms with van der Waals surface area (Å²) in [4.78, 5) is 16.2. The minimum absolute atomic E-state index is 0.0985. The Bertz CT molecular complexity index is 611. The monoisotopic (exact) mass is 317 g/mol. The number of amides is 1. The Balaban J connectivity index is 1.80. The van der Waals surface area contributed by atoms with Gasteiger partial charge in [0.15, 0.2) is 5.82 Å². The third-order valence-electron chi connectivity index (χ3n) is 3.48. The van der Waals surface area contributed by atoms with Crippen molar-refractivity contribution in [2.75, 3.05) is 6.61 Å². The number of hydrogen-bond donors (Lipinski definition) is 2. The molecule has 2 aromatic rings. The van der Waals surface area contributed by atoms with E-state index in [0.717, 1.165) is 5.56 Å². The summed E-state index contributed by atoms with van der Waals surface area (Å²) >= 11 is 0. The normalized spacial score (nSPS) is 12.3. The molecule has 0 saturated carbocycles. The predicted octanol–water partition coefficient (Wildman–Crippen LogP) is 1.85. The van der Waals surface area contributed by atoms with Gasteiger partial charge in [-0.1, -0.05) is 49.3 Å². The Morgan fingerprint density at radius 1 is 1.30 bits per heavy atom. The van der Waals surface area contributed by atoms with Crippen molar-refractivity contribution in [3.05, 3.63) is 47.6 Å². The van der Waals surface area contributed by atoms with E-state index < -0.39 is 0 Å². The molecule has 0 spiro atoms. The number of hydrogen-bond acceptors (Lipinski definition) is 5. The van der Waals surface area contributed by atoms with Crippen LogP contribution in [0.15, 0.2) is 34.9 Å². The smallest absolute Gasteiger partial charge is 0.227 e. The van der Waals surface area contributed by atoms with Crippen molar-refractivity contribution in [2.24, 2.45) is 0 Å². The Hall–Kier alpha value is -2.21. The molecular weight excluding hydrogens is 294 g/mol. The van der Waals surface area contributed by atoms with Crippen LogP contribution in [0.4, 0.5) is 0 Å². The van der Waals surface area contributed by atoms with Crippen LogP contribution in [-0.2, 0) is 17.6 Å². The van der Waals surface area contributed by atoms with Gasteiger partial charge in [-0.05, 0) is 12.0 Å². The van der Waals surface area contributed by atoms with E-state index in [0.29, 0.717) is 24.6 Å². The highest BCUT2D eigenvalue weighted by atomic mass is 16.5. The second kappa shape index (κ2) is 8.43. The van der Waals surface area contributed by atoms with E-state index in [1.54, 1.807) is 0 Å². The van der Waals surface area contributed by atoms with E-state index >= 15 is 0 Å². The number of benzene rings is 1. The predicted molar refractivity (Wildman–Crippen MR) is 85.9 cm³/mol. The lowest BCUT2D eigenvalue weighted by Gasteiger charge is -2.16. The van der Waals surface area contributed by atoms with Crippen LogP contribution >= 0.6 is 0 Å². The quantitative estimate of drug-likeness (QED) is 0.775.